The maximum Gasteiger partial charge on any atom is 0.259 e. The van der Waals surface area contributed by atoms with E-state index in [9.17, 15) is 9.59 Å². The summed E-state index contributed by atoms with van der Waals surface area (Å²) in [6.07, 6.45) is 4.34. The van der Waals surface area contributed by atoms with Crippen molar-refractivity contribution in [3.8, 4) is 5.88 Å². The van der Waals surface area contributed by atoms with Crippen LogP contribution in [-0.2, 0) is 9.53 Å². The number of aromatic nitrogens is 1. The van der Waals surface area contributed by atoms with Gasteiger partial charge in [0.15, 0.2) is 0 Å². The van der Waals surface area contributed by atoms with E-state index in [1.807, 2.05) is 16.7 Å². The van der Waals surface area contributed by atoms with Crippen molar-refractivity contribution in [3.63, 3.8) is 0 Å². The predicted molar refractivity (Wildman–Crippen MR) is 101 cm³/mol. The molecule has 0 aromatic carbocycles. The fourth-order valence-electron chi connectivity index (χ4n) is 3.86. The Balaban J connectivity index is 1.65. The molecule has 148 valence electrons. The monoisotopic (exact) mass is 375 g/mol. The summed E-state index contributed by atoms with van der Waals surface area (Å²) in [5.41, 5.74) is 0.0518. The summed E-state index contributed by atoms with van der Waals surface area (Å²) in [7, 11) is 0. The number of carbonyl (C=O) groups excluding carboxylic acids is 2. The van der Waals surface area contributed by atoms with Gasteiger partial charge in [-0.3, -0.25) is 9.59 Å². The maximum atomic E-state index is 12.9. The van der Waals surface area contributed by atoms with Gasteiger partial charge in [0.1, 0.15) is 5.56 Å². The van der Waals surface area contributed by atoms with E-state index >= 15 is 0 Å². The molecule has 27 heavy (non-hydrogen) atoms. The summed E-state index contributed by atoms with van der Waals surface area (Å²) in [5, 5.41) is 0. The topological polar surface area (TPSA) is 72.0 Å². The molecule has 2 saturated heterocycles. The van der Waals surface area contributed by atoms with E-state index in [1.54, 1.807) is 18.3 Å². The summed E-state index contributed by atoms with van der Waals surface area (Å²) >= 11 is 0. The Labute approximate surface area is 160 Å². The number of rotatable bonds is 5. The van der Waals surface area contributed by atoms with E-state index in [1.165, 1.54) is 0 Å². The Morgan fingerprint density at radius 2 is 2.07 bits per heavy atom. The van der Waals surface area contributed by atoms with Crippen LogP contribution in [0.2, 0.25) is 0 Å². The van der Waals surface area contributed by atoms with Crippen molar-refractivity contribution < 1.29 is 19.1 Å². The summed E-state index contributed by atoms with van der Waals surface area (Å²) in [6.45, 7) is 7.56. The zero-order valence-corrected chi connectivity index (χ0v) is 16.3. The number of amides is 2. The molecule has 2 amide bonds. The van der Waals surface area contributed by atoms with E-state index in [2.05, 4.69) is 11.9 Å². The van der Waals surface area contributed by atoms with Crippen LogP contribution < -0.4 is 4.74 Å². The lowest BCUT2D eigenvalue weighted by Gasteiger charge is -2.40. The molecule has 0 radical (unpaired) electrons. The number of pyridine rings is 1. The van der Waals surface area contributed by atoms with Crippen molar-refractivity contribution >= 4 is 11.8 Å². The smallest absolute Gasteiger partial charge is 0.259 e. The maximum absolute atomic E-state index is 12.9. The molecule has 0 atom stereocenters. The van der Waals surface area contributed by atoms with Crippen LogP contribution in [0.5, 0.6) is 5.88 Å². The number of likely N-dealkylation sites (tertiary alicyclic amines) is 1. The Kier molecular flexibility index (Phi) is 6.31. The lowest BCUT2D eigenvalue weighted by Crippen LogP contribution is -2.49. The number of nitrogens with zero attached hydrogens (tertiary/aromatic N) is 3. The van der Waals surface area contributed by atoms with Crippen molar-refractivity contribution in [1.82, 2.24) is 14.8 Å². The minimum absolute atomic E-state index is 0.0750. The van der Waals surface area contributed by atoms with Gasteiger partial charge in [-0.25, -0.2) is 4.98 Å². The Bertz CT molecular complexity index is 671. The Hall–Kier alpha value is -2.15. The molecule has 2 aliphatic rings. The predicted octanol–water partition coefficient (Wildman–Crippen LogP) is 2.11. The van der Waals surface area contributed by atoms with Gasteiger partial charge in [-0.05, 0) is 38.3 Å². The second-order valence-electron chi connectivity index (χ2n) is 7.17. The fourth-order valence-corrected chi connectivity index (χ4v) is 3.86. The Morgan fingerprint density at radius 1 is 1.30 bits per heavy atom. The van der Waals surface area contributed by atoms with E-state index < -0.39 is 5.60 Å². The van der Waals surface area contributed by atoms with Gasteiger partial charge in [0.2, 0.25) is 11.8 Å². The second-order valence-corrected chi connectivity index (χ2v) is 7.17. The standard InChI is InChI=1S/C20H29N3O4/c1-3-10-22-13-14-27-20(15-17(22)24)7-11-23(12-8-20)19(25)16-6-5-9-21-18(16)26-4-2/h5-6,9H,3-4,7-8,10-15H2,1-2H3. The summed E-state index contributed by atoms with van der Waals surface area (Å²) in [4.78, 5) is 33.4. The Morgan fingerprint density at radius 3 is 2.78 bits per heavy atom. The molecule has 0 bridgehead atoms. The van der Waals surface area contributed by atoms with Crippen LogP contribution >= 0.6 is 0 Å². The molecule has 0 aliphatic carbocycles. The van der Waals surface area contributed by atoms with E-state index in [0.717, 1.165) is 13.0 Å². The first-order valence-electron chi connectivity index (χ1n) is 9.87. The molecule has 1 aromatic heterocycles. The zero-order chi connectivity index (χ0) is 19.3. The second kappa shape index (κ2) is 8.69. The van der Waals surface area contributed by atoms with Gasteiger partial charge in [0, 0.05) is 32.4 Å². The molecule has 3 rings (SSSR count). The number of hydrogen-bond acceptors (Lipinski definition) is 5. The third-order valence-corrected chi connectivity index (χ3v) is 5.33. The molecular weight excluding hydrogens is 346 g/mol. The lowest BCUT2D eigenvalue weighted by molar-refractivity contribution is -0.135. The molecule has 3 heterocycles. The van der Waals surface area contributed by atoms with Crippen LogP contribution in [0, 0.1) is 0 Å². The van der Waals surface area contributed by atoms with Crippen molar-refractivity contribution in [1.29, 1.82) is 0 Å². The highest BCUT2D eigenvalue weighted by molar-refractivity contribution is 5.96. The molecule has 2 aliphatic heterocycles. The highest BCUT2D eigenvalue weighted by atomic mass is 16.5. The zero-order valence-electron chi connectivity index (χ0n) is 16.3. The summed E-state index contributed by atoms with van der Waals surface area (Å²) in [6, 6.07) is 3.50. The van der Waals surface area contributed by atoms with Crippen LogP contribution in [0.25, 0.3) is 0 Å². The first-order valence-corrected chi connectivity index (χ1v) is 9.87. The number of hydrogen-bond donors (Lipinski definition) is 0. The van der Waals surface area contributed by atoms with Gasteiger partial charge in [-0.2, -0.15) is 0 Å². The molecule has 7 nitrogen and oxygen atoms in total. The summed E-state index contributed by atoms with van der Waals surface area (Å²) < 4.78 is 11.6. The average molecular weight is 375 g/mol. The van der Waals surface area contributed by atoms with Crippen LogP contribution in [-0.4, -0.2) is 71.6 Å². The highest BCUT2D eigenvalue weighted by Gasteiger charge is 2.41. The van der Waals surface area contributed by atoms with Gasteiger partial charge >= 0.3 is 0 Å². The van der Waals surface area contributed by atoms with E-state index in [4.69, 9.17) is 9.47 Å². The quantitative estimate of drug-likeness (QED) is 0.788. The van der Waals surface area contributed by atoms with Gasteiger partial charge in [0.05, 0.1) is 25.2 Å². The van der Waals surface area contributed by atoms with Crippen LogP contribution in [0.1, 0.15) is 49.9 Å². The molecule has 1 spiro atoms. The van der Waals surface area contributed by atoms with Crippen LogP contribution in [0.3, 0.4) is 0 Å². The largest absolute Gasteiger partial charge is 0.477 e. The minimum Gasteiger partial charge on any atom is -0.477 e. The molecule has 0 N–H and O–H groups in total. The van der Waals surface area contributed by atoms with Gasteiger partial charge in [-0.15, -0.1) is 0 Å². The first-order chi connectivity index (χ1) is 13.1. The average Bonchev–Trinajstić information content (AvgIpc) is 2.82. The van der Waals surface area contributed by atoms with Crippen molar-refractivity contribution in [2.24, 2.45) is 0 Å². The lowest BCUT2D eigenvalue weighted by atomic mass is 9.87. The van der Waals surface area contributed by atoms with Crippen LogP contribution in [0.15, 0.2) is 18.3 Å². The van der Waals surface area contributed by atoms with Gasteiger partial charge in [0.25, 0.3) is 5.91 Å². The van der Waals surface area contributed by atoms with Crippen LogP contribution in [0.4, 0.5) is 0 Å². The molecule has 0 unspecified atom stereocenters. The number of ether oxygens (including phenoxy) is 2. The highest BCUT2D eigenvalue weighted by Crippen LogP contribution is 2.33. The van der Waals surface area contributed by atoms with Crippen molar-refractivity contribution in [2.75, 3.05) is 39.4 Å². The third-order valence-electron chi connectivity index (χ3n) is 5.33. The number of carbonyl (C=O) groups is 2. The van der Waals surface area contributed by atoms with Gasteiger partial charge < -0.3 is 19.3 Å². The van der Waals surface area contributed by atoms with E-state index in [-0.39, 0.29) is 11.8 Å². The molecule has 7 heteroatoms. The molecule has 2 fully saturated rings. The molecule has 0 saturated carbocycles. The fraction of sp³-hybridized carbons (Fsp3) is 0.650. The minimum atomic E-state index is -0.436. The summed E-state index contributed by atoms with van der Waals surface area (Å²) in [5.74, 6) is 0.468. The molecule has 1 aromatic rings. The van der Waals surface area contributed by atoms with Gasteiger partial charge in [-0.1, -0.05) is 6.92 Å². The first kappa shape index (κ1) is 19.6. The van der Waals surface area contributed by atoms with Crippen molar-refractivity contribution in [2.45, 2.75) is 45.1 Å². The number of piperidine rings is 1. The third kappa shape index (κ3) is 4.40. The normalized spacial score (nSPS) is 19.9. The van der Waals surface area contributed by atoms with E-state index in [0.29, 0.717) is 63.6 Å². The molecular formula is C20H29N3O4. The van der Waals surface area contributed by atoms with Crippen molar-refractivity contribution in [3.05, 3.63) is 23.9 Å². The SMILES string of the molecule is CCCN1CCOC2(CCN(C(=O)c3cccnc3OCC)CC2)CC1=O.